The fourth-order valence-corrected chi connectivity index (χ4v) is 3.23. The van der Waals surface area contributed by atoms with Crippen molar-refractivity contribution in [3.8, 4) is 0 Å². The molecule has 6 nitrogen and oxygen atoms in total. The zero-order chi connectivity index (χ0) is 19.2. The highest BCUT2D eigenvalue weighted by Crippen LogP contribution is 2.26. The van der Waals surface area contributed by atoms with Crippen LogP contribution in [0.1, 0.15) is 11.1 Å². The Bertz CT molecular complexity index is 924. The van der Waals surface area contributed by atoms with Gasteiger partial charge in [-0.3, -0.25) is 0 Å². The molecule has 27 heavy (non-hydrogen) atoms. The van der Waals surface area contributed by atoms with Crippen molar-refractivity contribution in [2.75, 3.05) is 24.4 Å². The zero-order valence-electron chi connectivity index (χ0n) is 14.8. The van der Waals surface area contributed by atoms with Gasteiger partial charge in [0.25, 0.3) is 0 Å². The number of thioether (sulfide) groups is 1. The van der Waals surface area contributed by atoms with Crippen LogP contribution in [0.5, 0.6) is 0 Å². The topological polar surface area (TPSA) is 69.2 Å². The molecule has 0 spiro atoms. The van der Waals surface area contributed by atoms with Gasteiger partial charge < -0.3 is 4.90 Å². The summed E-state index contributed by atoms with van der Waals surface area (Å²) in [7, 11) is 4.01. The highest BCUT2D eigenvalue weighted by Gasteiger charge is 2.05. The standard InChI is InChI=1S/C18H18Cl2N6S/c1-26(2)14-6-3-12(4-7-14)10-21-23-17-22-18(25-24-17)27-11-13-5-8-15(19)16(20)9-13/h3-10H,11H2,1-2H3,(H2,22,23,24,25)/b21-10-. The summed E-state index contributed by atoms with van der Waals surface area (Å²) in [5, 5.41) is 12.8. The van der Waals surface area contributed by atoms with E-state index >= 15 is 0 Å². The Morgan fingerprint density at radius 1 is 1.15 bits per heavy atom. The van der Waals surface area contributed by atoms with Crippen LogP contribution in [0.2, 0.25) is 10.0 Å². The van der Waals surface area contributed by atoms with E-state index in [1.165, 1.54) is 11.8 Å². The Balaban J connectivity index is 1.52. The number of aromatic amines is 1. The predicted octanol–water partition coefficient (Wildman–Crippen LogP) is 4.92. The molecule has 3 rings (SSSR count). The number of rotatable bonds is 7. The first-order valence-electron chi connectivity index (χ1n) is 8.07. The van der Waals surface area contributed by atoms with Crippen LogP contribution in [0.15, 0.2) is 52.7 Å². The van der Waals surface area contributed by atoms with Gasteiger partial charge in [-0.15, -0.1) is 5.10 Å². The Labute approximate surface area is 172 Å². The molecule has 140 valence electrons. The number of hydrazone groups is 1. The monoisotopic (exact) mass is 420 g/mol. The summed E-state index contributed by atoms with van der Waals surface area (Å²) in [6.45, 7) is 0. The minimum Gasteiger partial charge on any atom is -0.378 e. The van der Waals surface area contributed by atoms with E-state index in [1.54, 1.807) is 12.3 Å². The van der Waals surface area contributed by atoms with Crippen molar-refractivity contribution in [3.05, 3.63) is 63.6 Å². The molecule has 0 amide bonds. The van der Waals surface area contributed by atoms with Gasteiger partial charge in [-0.1, -0.05) is 53.2 Å². The molecule has 0 bridgehead atoms. The van der Waals surface area contributed by atoms with Crippen LogP contribution in [0.4, 0.5) is 11.6 Å². The summed E-state index contributed by atoms with van der Waals surface area (Å²) in [6, 6.07) is 13.6. The second-order valence-electron chi connectivity index (χ2n) is 5.86. The first kappa shape index (κ1) is 19.5. The van der Waals surface area contributed by atoms with E-state index in [2.05, 4.69) is 25.7 Å². The maximum absolute atomic E-state index is 6.02. The SMILES string of the molecule is CN(C)c1ccc(/C=N\Nc2nc(SCc3ccc(Cl)c(Cl)c3)n[nH]2)cc1. The van der Waals surface area contributed by atoms with E-state index in [-0.39, 0.29) is 0 Å². The van der Waals surface area contributed by atoms with Crippen molar-refractivity contribution >= 4 is 52.8 Å². The molecular weight excluding hydrogens is 403 g/mol. The minimum atomic E-state index is 0.479. The fraction of sp³-hybridized carbons (Fsp3) is 0.167. The number of nitrogens with zero attached hydrogens (tertiary/aromatic N) is 4. The van der Waals surface area contributed by atoms with Crippen LogP contribution in [-0.4, -0.2) is 35.5 Å². The van der Waals surface area contributed by atoms with Crippen molar-refractivity contribution in [2.24, 2.45) is 5.10 Å². The van der Waals surface area contributed by atoms with Gasteiger partial charge in [0.1, 0.15) is 0 Å². The number of benzene rings is 2. The van der Waals surface area contributed by atoms with Crippen LogP contribution in [0.3, 0.4) is 0 Å². The molecule has 3 aromatic rings. The quantitative estimate of drug-likeness (QED) is 0.322. The normalized spacial score (nSPS) is 11.1. The summed E-state index contributed by atoms with van der Waals surface area (Å²) in [6.07, 6.45) is 1.73. The number of hydrogen-bond acceptors (Lipinski definition) is 6. The lowest BCUT2D eigenvalue weighted by atomic mass is 10.2. The number of aromatic nitrogens is 3. The number of anilines is 2. The van der Waals surface area contributed by atoms with Crippen molar-refractivity contribution in [2.45, 2.75) is 10.9 Å². The molecule has 2 aromatic carbocycles. The van der Waals surface area contributed by atoms with Crippen molar-refractivity contribution in [3.63, 3.8) is 0 Å². The molecule has 2 N–H and O–H groups in total. The lowest BCUT2D eigenvalue weighted by Gasteiger charge is -2.11. The van der Waals surface area contributed by atoms with Gasteiger partial charge in [-0.05, 0) is 35.4 Å². The second-order valence-corrected chi connectivity index (χ2v) is 7.62. The first-order chi connectivity index (χ1) is 13.0. The van der Waals surface area contributed by atoms with Gasteiger partial charge in [-0.25, -0.2) is 10.5 Å². The summed E-state index contributed by atoms with van der Waals surface area (Å²) >= 11 is 13.4. The molecule has 0 saturated heterocycles. The smallest absolute Gasteiger partial charge is 0.240 e. The number of H-pyrrole nitrogens is 1. The van der Waals surface area contributed by atoms with E-state index in [0.717, 1.165) is 16.8 Å². The third kappa shape index (κ3) is 5.63. The molecule has 0 unspecified atom stereocenters. The van der Waals surface area contributed by atoms with Gasteiger partial charge in [0.15, 0.2) is 0 Å². The maximum atomic E-state index is 6.02. The van der Waals surface area contributed by atoms with Gasteiger partial charge in [-0.2, -0.15) is 10.1 Å². The summed E-state index contributed by atoms with van der Waals surface area (Å²) < 4.78 is 0. The van der Waals surface area contributed by atoms with Crippen LogP contribution in [0, 0.1) is 0 Å². The van der Waals surface area contributed by atoms with Crippen molar-refractivity contribution < 1.29 is 0 Å². The molecule has 0 aliphatic heterocycles. The first-order valence-corrected chi connectivity index (χ1v) is 9.81. The molecule has 1 aromatic heterocycles. The lowest BCUT2D eigenvalue weighted by Crippen LogP contribution is -2.08. The summed E-state index contributed by atoms with van der Waals surface area (Å²) in [5.74, 6) is 1.17. The molecule has 0 aliphatic rings. The van der Waals surface area contributed by atoms with Crippen LogP contribution >= 0.6 is 35.0 Å². The van der Waals surface area contributed by atoms with Crippen LogP contribution < -0.4 is 10.3 Å². The Morgan fingerprint density at radius 3 is 2.63 bits per heavy atom. The van der Waals surface area contributed by atoms with E-state index < -0.39 is 0 Å². The average molecular weight is 421 g/mol. The molecule has 0 radical (unpaired) electrons. The number of nitrogens with one attached hydrogen (secondary N) is 2. The molecule has 1 heterocycles. The maximum Gasteiger partial charge on any atom is 0.240 e. The highest BCUT2D eigenvalue weighted by atomic mass is 35.5. The van der Waals surface area contributed by atoms with Gasteiger partial charge in [0.2, 0.25) is 11.1 Å². The third-order valence-electron chi connectivity index (χ3n) is 3.61. The Kier molecular flexibility index (Phi) is 6.60. The third-order valence-corrected chi connectivity index (χ3v) is 5.27. The minimum absolute atomic E-state index is 0.479. The number of hydrogen-bond donors (Lipinski definition) is 2. The fourth-order valence-electron chi connectivity index (χ4n) is 2.16. The molecule has 9 heteroatoms. The summed E-state index contributed by atoms with van der Waals surface area (Å²) in [4.78, 5) is 6.39. The van der Waals surface area contributed by atoms with E-state index in [4.69, 9.17) is 23.2 Å². The molecule has 0 fully saturated rings. The highest BCUT2D eigenvalue weighted by molar-refractivity contribution is 7.98. The van der Waals surface area contributed by atoms with E-state index in [1.807, 2.05) is 55.4 Å². The average Bonchev–Trinajstić information content (AvgIpc) is 3.11. The number of halogens is 2. The lowest BCUT2D eigenvalue weighted by molar-refractivity contribution is 0.972. The Morgan fingerprint density at radius 2 is 1.93 bits per heavy atom. The van der Waals surface area contributed by atoms with Crippen LogP contribution in [-0.2, 0) is 5.75 Å². The zero-order valence-corrected chi connectivity index (χ0v) is 17.1. The second kappa shape index (κ2) is 9.12. The van der Waals surface area contributed by atoms with Crippen LogP contribution in [0.25, 0.3) is 0 Å². The van der Waals surface area contributed by atoms with Gasteiger partial charge in [0.05, 0.1) is 16.3 Å². The Hall–Kier alpha value is -2.22. The largest absolute Gasteiger partial charge is 0.378 e. The summed E-state index contributed by atoms with van der Waals surface area (Å²) in [5.41, 5.74) is 6.02. The molecular formula is C18H18Cl2N6S. The van der Waals surface area contributed by atoms with Gasteiger partial charge >= 0.3 is 0 Å². The van der Waals surface area contributed by atoms with E-state index in [9.17, 15) is 0 Å². The molecule has 0 atom stereocenters. The predicted molar refractivity (Wildman–Crippen MR) is 114 cm³/mol. The van der Waals surface area contributed by atoms with Crippen molar-refractivity contribution in [1.29, 1.82) is 0 Å². The van der Waals surface area contributed by atoms with Crippen molar-refractivity contribution in [1.82, 2.24) is 15.2 Å². The molecule has 0 aliphatic carbocycles. The van der Waals surface area contributed by atoms with Gasteiger partial charge in [0, 0.05) is 25.5 Å². The molecule has 0 saturated carbocycles. The van der Waals surface area contributed by atoms with E-state index in [0.29, 0.717) is 26.9 Å².